The zero-order chi connectivity index (χ0) is 17.1. The first-order chi connectivity index (χ1) is 11.6. The van der Waals surface area contributed by atoms with Crippen LogP contribution < -0.4 is 0 Å². The molecule has 0 spiro atoms. The summed E-state index contributed by atoms with van der Waals surface area (Å²) in [5.74, 6) is -0.00920. The van der Waals surface area contributed by atoms with Crippen molar-refractivity contribution >= 4 is 17.5 Å². The van der Waals surface area contributed by atoms with E-state index >= 15 is 0 Å². The molecule has 24 heavy (non-hydrogen) atoms. The fourth-order valence-electron chi connectivity index (χ4n) is 3.28. The first kappa shape index (κ1) is 17.0. The standard InChI is InChI=1S/C17H24ClN5O/c1-3-4-9-23-16(18)15(13(2)20-23)17(24)21-8-5-6-14(11-21)22-10-7-19-12-22/h7,10,12,14H,3-6,8-9,11H2,1-2H3/t14-/m0/s1. The van der Waals surface area contributed by atoms with Gasteiger partial charge in [-0.05, 0) is 26.2 Å². The van der Waals surface area contributed by atoms with Gasteiger partial charge in [0.15, 0.2) is 0 Å². The molecule has 0 unspecified atom stereocenters. The predicted octanol–water partition coefficient (Wildman–Crippen LogP) is 3.32. The van der Waals surface area contributed by atoms with E-state index in [-0.39, 0.29) is 11.9 Å². The Bertz CT molecular complexity index is 694. The molecule has 1 fully saturated rings. The highest BCUT2D eigenvalue weighted by atomic mass is 35.5. The van der Waals surface area contributed by atoms with Crippen LogP contribution in [0.1, 0.15) is 54.7 Å². The number of aryl methyl sites for hydroxylation is 2. The van der Waals surface area contributed by atoms with Crippen molar-refractivity contribution in [2.45, 2.75) is 52.1 Å². The summed E-state index contributed by atoms with van der Waals surface area (Å²) in [4.78, 5) is 19.0. The van der Waals surface area contributed by atoms with Crippen molar-refractivity contribution in [3.05, 3.63) is 35.1 Å². The minimum atomic E-state index is -0.00920. The lowest BCUT2D eigenvalue weighted by atomic mass is 10.0. The third-order valence-corrected chi connectivity index (χ3v) is 5.02. The second-order valence-corrected chi connectivity index (χ2v) is 6.74. The van der Waals surface area contributed by atoms with Crippen LogP contribution in [0.3, 0.4) is 0 Å². The predicted molar refractivity (Wildman–Crippen MR) is 93.3 cm³/mol. The lowest BCUT2D eigenvalue weighted by Gasteiger charge is -2.33. The number of nitrogens with zero attached hydrogens (tertiary/aromatic N) is 5. The number of imidazole rings is 1. The van der Waals surface area contributed by atoms with E-state index in [0.717, 1.165) is 38.8 Å². The molecule has 3 heterocycles. The summed E-state index contributed by atoms with van der Waals surface area (Å²) in [5, 5.41) is 4.92. The summed E-state index contributed by atoms with van der Waals surface area (Å²) >= 11 is 6.45. The Labute approximate surface area is 147 Å². The average Bonchev–Trinajstić information content (AvgIpc) is 3.21. The molecule has 0 aromatic carbocycles. The van der Waals surface area contributed by atoms with E-state index in [9.17, 15) is 4.79 Å². The Hall–Kier alpha value is -1.82. The Morgan fingerprint density at radius 2 is 2.29 bits per heavy atom. The fraction of sp³-hybridized carbons (Fsp3) is 0.588. The first-order valence-electron chi connectivity index (χ1n) is 8.61. The zero-order valence-corrected chi connectivity index (χ0v) is 15.0. The van der Waals surface area contributed by atoms with E-state index in [2.05, 4.69) is 21.6 Å². The number of hydrogen-bond acceptors (Lipinski definition) is 3. The number of carbonyl (C=O) groups excluding carboxylic acids is 1. The normalized spacial score (nSPS) is 18.1. The number of rotatable bonds is 5. The minimum absolute atomic E-state index is 0.00920. The van der Waals surface area contributed by atoms with Crippen LogP contribution in [-0.2, 0) is 6.54 Å². The number of halogens is 1. The van der Waals surface area contributed by atoms with Gasteiger partial charge in [0.25, 0.3) is 5.91 Å². The van der Waals surface area contributed by atoms with Gasteiger partial charge in [0, 0.05) is 32.0 Å². The number of amides is 1. The molecule has 130 valence electrons. The van der Waals surface area contributed by atoms with Gasteiger partial charge < -0.3 is 9.47 Å². The molecular formula is C17H24ClN5O. The van der Waals surface area contributed by atoms with Crippen LogP contribution >= 0.6 is 11.6 Å². The Balaban J connectivity index is 1.77. The Kier molecular flexibility index (Phi) is 5.23. The molecule has 1 saturated heterocycles. The number of hydrogen-bond donors (Lipinski definition) is 0. The number of carbonyl (C=O) groups is 1. The molecule has 0 bridgehead atoms. The molecule has 2 aromatic rings. The highest BCUT2D eigenvalue weighted by molar-refractivity contribution is 6.33. The van der Waals surface area contributed by atoms with E-state index < -0.39 is 0 Å². The summed E-state index contributed by atoms with van der Waals surface area (Å²) in [6.07, 6.45) is 9.66. The Morgan fingerprint density at radius 1 is 1.46 bits per heavy atom. The summed E-state index contributed by atoms with van der Waals surface area (Å²) in [6.45, 7) is 6.19. The third-order valence-electron chi connectivity index (χ3n) is 4.63. The molecule has 1 amide bonds. The molecule has 1 aliphatic rings. The summed E-state index contributed by atoms with van der Waals surface area (Å²) < 4.78 is 3.84. The average molecular weight is 350 g/mol. The maximum Gasteiger partial charge on any atom is 0.258 e. The van der Waals surface area contributed by atoms with Crippen LogP contribution in [0.2, 0.25) is 5.15 Å². The van der Waals surface area contributed by atoms with Crippen LogP contribution in [0.4, 0.5) is 0 Å². The van der Waals surface area contributed by atoms with Gasteiger partial charge in [-0.2, -0.15) is 5.10 Å². The van der Waals surface area contributed by atoms with E-state index in [4.69, 9.17) is 11.6 Å². The van der Waals surface area contributed by atoms with Crippen LogP contribution in [0.15, 0.2) is 18.7 Å². The van der Waals surface area contributed by atoms with Crippen LogP contribution in [0.25, 0.3) is 0 Å². The molecule has 0 radical (unpaired) electrons. The Morgan fingerprint density at radius 3 is 3.00 bits per heavy atom. The largest absolute Gasteiger partial charge is 0.336 e. The summed E-state index contributed by atoms with van der Waals surface area (Å²) in [7, 11) is 0. The molecule has 0 aliphatic carbocycles. The van der Waals surface area contributed by atoms with Crippen molar-refractivity contribution in [3.8, 4) is 0 Å². The van der Waals surface area contributed by atoms with E-state index in [1.807, 2.05) is 24.3 Å². The highest BCUT2D eigenvalue weighted by Gasteiger charge is 2.29. The molecule has 1 atom stereocenters. The number of unbranched alkanes of at least 4 members (excludes halogenated alkanes) is 1. The topological polar surface area (TPSA) is 56.0 Å². The van der Waals surface area contributed by atoms with Crippen molar-refractivity contribution in [3.63, 3.8) is 0 Å². The van der Waals surface area contributed by atoms with Crippen LogP contribution in [0.5, 0.6) is 0 Å². The van der Waals surface area contributed by atoms with Crippen LogP contribution in [0, 0.1) is 6.92 Å². The molecule has 1 aliphatic heterocycles. The number of piperidine rings is 1. The van der Waals surface area contributed by atoms with Crippen molar-refractivity contribution in [2.75, 3.05) is 13.1 Å². The zero-order valence-electron chi connectivity index (χ0n) is 14.3. The van der Waals surface area contributed by atoms with Gasteiger partial charge in [0.05, 0.1) is 23.6 Å². The molecule has 7 heteroatoms. The van der Waals surface area contributed by atoms with E-state index in [1.165, 1.54) is 0 Å². The lowest BCUT2D eigenvalue weighted by Crippen LogP contribution is -2.40. The SMILES string of the molecule is CCCCn1nc(C)c(C(=O)N2CCC[C@H](n3ccnc3)C2)c1Cl. The van der Waals surface area contributed by atoms with Gasteiger partial charge >= 0.3 is 0 Å². The van der Waals surface area contributed by atoms with Crippen LogP contribution in [-0.4, -0.2) is 43.2 Å². The van der Waals surface area contributed by atoms with Gasteiger partial charge in [0.2, 0.25) is 0 Å². The van der Waals surface area contributed by atoms with Gasteiger partial charge in [-0.25, -0.2) is 4.98 Å². The van der Waals surface area contributed by atoms with Crippen molar-refractivity contribution in [1.29, 1.82) is 0 Å². The minimum Gasteiger partial charge on any atom is -0.336 e. The maximum absolute atomic E-state index is 13.0. The monoisotopic (exact) mass is 349 g/mol. The molecule has 3 rings (SSSR count). The van der Waals surface area contributed by atoms with Gasteiger partial charge in [0.1, 0.15) is 5.15 Å². The highest BCUT2D eigenvalue weighted by Crippen LogP contribution is 2.26. The fourth-order valence-corrected chi connectivity index (χ4v) is 3.62. The smallest absolute Gasteiger partial charge is 0.258 e. The van der Waals surface area contributed by atoms with Gasteiger partial charge in [-0.3, -0.25) is 9.48 Å². The van der Waals surface area contributed by atoms with Gasteiger partial charge in [-0.15, -0.1) is 0 Å². The molecule has 2 aromatic heterocycles. The first-order valence-corrected chi connectivity index (χ1v) is 8.99. The molecule has 0 N–H and O–H groups in total. The van der Waals surface area contributed by atoms with E-state index in [0.29, 0.717) is 23.0 Å². The van der Waals surface area contributed by atoms with Crippen molar-refractivity contribution in [1.82, 2.24) is 24.2 Å². The quantitative estimate of drug-likeness (QED) is 0.832. The number of aromatic nitrogens is 4. The van der Waals surface area contributed by atoms with Gasteiger partial charge in [-0.1, -0.05) is 24.9 Å². The second-order valence-electron chi connectivity index (χ2n) is 6.39. The number of likely N-dealkylation sites (tertiary alicyclic amines) is 1. The molecule has 6 nitrogen and oxygen atoms in total. The molecular weight excluding hydrogens is 326 g/mol. The second kappa shape index (κ2) is 7.38. The molecule has 0 saturated carbocycles. The lowest BCUT2D eigenvalue weighted by molar-refractivity contribution is 0.0679. The van der Waals surface area contributed by atoms with E-state index in [1.54, 1.807) is 10.9 Å². The summed E-state index contributed by atoms with van der Waals surface area (Å²) in [6, 6.07) is 0.277. The van der Waals surface area contributed by atoms with Crippen molar-refractivity contribution in [2.24, 2.45) is 0 Å². The summed E-state index contributed by atoms with van der Waals surface area (Å²) in [5.41, 5.74) is 1.27. The maximum atomic E-state index is 13.0. The third kappa shape index (κ3) is 3.34. The van der Waals surface area contributed by atoms with Crippen molar-refractivity contribution < 1.29 is 4.79 Å².